The van der Waals surface area contributed by atoms with E-state index in [1.54, 1.807) is 18.1 Å². The molecule has 1 saturated heterocycles. The Morgan fingerprint density at radius 3 is 3.07 bits per heavy atom. The number of nitrogens with one attached hydrogen (secondary N) is 2. The van der Waals surface area contributed by atoms with Crippen molar-refractivity contribution < 1.29 is 9.59 Å². The van der Waals surface area contributed by atoms with Crippen molar-refractivity contribution in [3.05, 3.63) is 35.0 Å². The van der Waals surface area contributed by atoms with Crippen LogP contribution in [0.3, 0.4) is 0 Å². The molecule has 154 valence electrons. The minimum absolute atomic E-state index is 0.0724. The van der Waals surface area contributed by atoms with E-state index in [2.05, 4.69) is 21.7 Å². The van der Waals surface area contributed by atoms with E-state index >= 15 is 0 Å². The van der Waals surface area contributed by atoms with Gasteiger partial charge in [-0.05, 0) is 42.4 Å². The molecule has 2 fully saturated rings. The van der Waals surface area contributed by atoms with Gasteiger partial charge in [0.1, 0.15) is 6.04 Å². The number of likely N-dealkylation sites (N-methyl/N-ethyl adjacent to an activating group) is 1. The number of aromatic nitrogens is 1. The number of benzene rings is 1. The number of fused-ring (bicyclic) bond motifs is 3. The molecule has 2 aromatic rings. The fraction of sp³-hybridized carbons (Fsp3) is 0.455. The number of hydrogen-bond acceptors (Lipinski definition) is 6. The quantitative estimate of drug-likeness (QED) is 0.770. The zero-order valence-electron chi connectivity index (χ0n) is 16.7. The molecule has 7 nitrogen and oxygen atoms in total. The van der Waals surface area contributed by atoms with E-state index in [0.29, 0.717) is 24.8 Å². The molecule has 1 aromatic heterocycles. The minimum atomic E-state index is -0.596. The molecule has 0 spiro atoms. The number of anilines is 1. The summed E-state index contributed by atoms with van der Waals surface area (Å²) in [5.74, 6) is 0.423. The van der Waals surface area contributed by atoms with Crippen molar-refractivity contribution in [2.75, 3.05) is 11.9 Å². The van der Waals surface area contributed by atoms with Gasteiger partial charge in [0, 0.05) is 31.4 Å². The van der Waals surface area contributed by atoms with Gasteiger partial charge in [0.2, 0.25) is 11.8 Å². The first-order chi connectivity index (χ1) is 14.5. The maximum Gasteiger partial charge on any atom is 0.238 e. The SMILES string of the molecule is CN1C(=O)Cc2ccc(-c3cnc(CC(C#N)NC(=O)[C@H]4N[C@@H]5CC[C@H]4C5)s3)cc21. The molecule has 2 bridgehead atoms. The largest absolute Gasteiger partial charge is 0.339 e. The van der Waals surface area contributed by atoms with Crippen molar-refractivity contribution in [2.45, 2.75) is 50.2 Å². The molecule has 2 N–H and O–H groups in total. The molecule has 8 heteroatoms. The predicted molar refractivity (Wildman–Crippen MR) is 114 cm³/mol. The number of nitriles is 1. The van der Waals surface area contributed by atoms with Gasteiger partial charge in [0.15, 0.2) is 0 Å². The number of carbonyl (C=O) groups excluding carboxylic acids is 2. The summed E-state index contributed by atoms with van der Waals surface area (Å²) in [6, 6.07) is 7.91. The highest BCUT2D eigenvalue weighted by molar-refractivity contribution is 7.15. The van der Waals surface area contributed by atoms with Gasteiger partial charge in [-0.3, -0.25) is 9.59 Å². The van der Waals surface area contributed by atoms with Crippen LogP contribution in [-0.4, -0.2) is 42.0 Å². The van der Waals surface area contributed by atoms with Crippen LogP contribution >= 0.6 is 11.3 Å². The fourth-order valence-electron chi connectivity index (χ4n) is 4.85. The molecule has 2 aliphatic heterocycles. The number of carbonyl (C=O) groups is 2. The van der Waals surface area contributed by atoms with Crippen LogP contribution in [-0.2, 0) is 22.4 Å². The number of hydrogen-bond donors (Lipinski definition) is 2. The first-order valence-electron chi connectivity index (χ1n) is 10.3. The van der Waals surface area contributed by atoms with Gasteiger partial charge in [0.25, 0.3) is 0 Å². The Morgan fingerprint density at radius 2 is 2.33 bits per heavy atom. The average Bonchev–Trinajstić information content (AvgIpc) is 3.53. The summed E-state index contributed by atoms with van der Waals surface area (Å²) >= 11 is 1.52. The van der Waals surface area contributed by atoms with Crippen LogP contribution in [0.1, 0.15) is 29.8 Å². The van der Waals surface area contributed by atoms with Crippen LogP contribution in [0.15, 0.2) is 24.4 Å². The van der Waals surface area contributed by atoms with Gasteiger partial charge >= 0.3 is 0 Å². The van der Waals surface area contributed by atoms with Gasteiger partial charge in [0.05, 0.1) is 28.4 Å². The molecule has 1 unspecified atom stereocenters. The first kappa shape index (κ1) is 19.2. The molecule has 4 atom stereocenters. The van der Waals surface area contributed by atoms with E-state index < -0.39 is 6.04 Å². The van der Waals surface area contributed by atoms with Crippen molar-refractivity contribution in [2.24, 2.45) is 5.92 Å². The van der Waals surface area contributed by atoms with Gasteiger partial charge in [-0.2, -0.15) is 5.26 Å². The topological polar surface area (TPSA) is 98.1 Å². The van der Waals surface area contributed by atoms with Gasteiger partial charge < -0.3 is 15.5 Å². The smallest absolute Gasteiger partial charge is 0.238 e. The second kappa shape index (κ2) is 7.49. The molecular weight excluding hydrogens is 398 g/mol. The third-order valence-corrected chi connectivity index (χ3v) is 7.56. The molecule has 3 heterocycles. The molecule has 30 heavy (non-hydrogen) atoms. The molecule has 2 amide bonds. The summed E-state index contributed by atoms with van der Waals surface area (Å²) in [6.45, 7) is 0. The lowest BCUT2D eigenvalue weighted by Gasteiger charge is -2.23. The Labute approximate surface area is 179 Å². The van der Waals surface area contributed by atoms with Crippen LogP contribution in [0.2, 0.25) is 0 Å². The van der Waals surface area contributed by atoms with E-state index in [9.17, 15) is 14.9 Å². The Hall–Kier alpha value is -2.76. The Kier molecular flexibility index (Phi) is 4.80. The summed E-state index contributed by atoms with van der Waals surface area (Å²) in [6.07, 6.45) is 5.92. The normalized spacial score (nSPS) is 25.3. The summed E-state index contributed by atoms with van der Waals surface area (Å²) in [4.78, 5) is 31.7. The predicted octanol–water partition coefficient (Wildman–Crippen LogP) is 2.02. The van der Waals surface area contributed by atoms with Crippen molar-refractivity contribution in [1.82, 2.24) is 15.6 Å². The lowest BCUT2D eigenvalue weighted by atomic mass is 9.99. The van der Waals surface area contributed by atoms with Crippen molar-refractivity contribution in [3.63, 3.8) is 0 Å². The lowest BCUT2D eigenvalue weighted by Crippen LogP contribution is -2.50. The molecular formula is C22H23N5O2S. The number of amides is 2. The molecule has 1 saturated carbocycles. The molecule has 0 radical (unpaired) electrons. The third-order valence-electron chi connectivity index (χ3n) is 6.49. The van der Waals surface area contributed by atoms with E-state index in [1.807, 2.05) is 18.2 Å². The van der Waals surface area contributed by atoms with Crippen LogP contribution in [0, 0.1) is 17.2 Å². The second-order valence-corrected chi connectivity index (χ2v) is 9.52. The summed E-state index contributed by atoms with van der Waals surface area (Å²) < 4.78 is 0. The zero-order valence-corrected chi connectivity index (χ0v) is 17.5. The minimum Gasteiger partial charge on any atom is -0.339 e. The van der Waals surface area contributed by atoms with Crippen molar-refractivity contribution >= 4 is 28.8 Å². The zero-order chi connectivity index (χ0) is 20.8. The lowest BCUT2D eigenvalue weighted by molar-refractivity contribution is -0.124. The van der Waals surface area contributed by atoms with Crippen molar-refractivity contribution in [3.8, 4) is 16.5 Å². The fourth-order valence-corrected chi connectivity index (χ4v) is 5.81. The summed E-state index contributed by atoms with van der Waals surface area (Å²) in [5.41, 5.74) is 2.98. The third kappa shape index (κ3) is 3.38. The number of rotatable bonds is 5. The summed E-state index contributed by atoms with van der Waals surface area (Å²) in [5, 5.41) is 16.6. The Balaban J connectivity index is 1.26. The van der Waals surface area contributed by atoms with Gasteiger partial charge in [-0.15, -0.1) is 11.3 Å². The molecule has 1 aliphatic carbocycles. The maximum absolute atomic E-state index is 12.6. The second-order valence-electron chi connectivity index (χ2n) is 8.40. The maximum atomic E-state index is 12.6. The van der Waals surface area contributed by atoms with Crippen LogP contribution in [0.4, 0.5) is 5.69 Å². The van der Waals surface area contributed by atoms with Crippen LogP contribution in [0.25, 0.3) is 10.4 Å². The van der Waals surface area contributed by atoms with Gasteiger partial charge in [-0.25, -0.2) is 4.98 Å². The summed E-state index contributed by atoms with van der Waals surface area (Å²) in [7, 11) is 1.79. The monoisotopic (exact) mass is 421 g/mol. The van der Waals surface area contributed by atoms with Crippen molar-refractivity contribution in [1.29, 1.82) is 5.26 Å². The van der Waals surface area contributed by atoms with E-state index in [-0.39, 0.29) is 17.9 Å². The molecule has 1 aromatic carbocycles. The van der Waals surface area contributed by atoms with E-state index in [0.717, 1.165) is 46.0 Å². The van der Waals surface area contributed by atoms with Gasteiger partial charge in [-0.1, -0.05) is 12.1 Å². The highest BCUT2D eigenvalue weighted by Gasteiger charge is 2.43. The highest BCUT2D eigenvalue weighted by Crippen LogP contribution is 2.36. The van der Waals surface area contributed by atoms with Crippen LogP contribution < -0.4 is 15.5 Å². The number of thiazole rings is 1. The average molecular weight is 422 g/mol. The highest BCUT2D eigenvalue weighted by atomic mass is 32.1. The standard InChI is InChI=1S/C22H23N5O2S/c1-27-17-7-13(3-2-12(17)8-20(27)28)18-11-24-19(30-18)9-16(10-23)26-22(29)21-14-4-5-15(6-14)25-21/h2-3,7,11,14-16,21,25H,4-6,8-9H2,1H3,(H,26,29)/t14-,15+,16?,21-/m0/s1. The first-order valence-corrected chi connectivity index (χ1v) is 11.1. The van der Waals surface area contributed by atoms with E-state index in [1.165, 1.54) is 11.3 Å². The van der Waals surface area contributed by atoms with E-state index in [4.69, 9.17) is 0 Å². The molecule has 5 rings (SSSR count). The Bertz CT molecular complexity index is 1060. The Morgan fingerprint density at radius 1 is 1.47 bits per heavy atom. The molecule has 3 aliphatic rings. The number of piperidine rings is 1. The number of nitrogens with zero attached hydrogens (tertiary/aromatic N) is 3. The van der Waals surface area contributed by atoms with Crippen LogP contribution in [0.5, 0.6) is 0 Å².